The van der Waals surface area contributed by atoms with Crippen LogP contribution in [0.4, 0.5) is 0 Å². The van der Waals surface area contributed by atoms with Crippen LogP contribution in [0.15, 0.2) is 60.8 Å². The molecule has 0 bridgehead atoms. The van der Waals surface area contributed by atoms with Gasteiger partial charge in [-0.1, -0.05) is 35.9 Å². The van der Waals surface area contributed by atoms with Gasteiger partial charge in [0.15, 0.2) is 11.5 Å². The van der Waals surface area contributed by atoms with E-state index >= 15 is 0 Å². The number of hydrogen-bond acceptors (Lipinski definition) is 5. The molecule has 3 rings (SSSR count). The molecule has 29 heavy (non-hydrogen) atoms. The van der Waals surface area contributed by atoms with Gasteiger partial charge in [0, 0.05) is 30.9 Å². The van der Waals surface area contributed by atoms with Gasteiger partial charge in [-0.25, -0.2) is 0 Å². The summed E-state index contributed by atoms with van der Waals surface area (Å²) in [7, 11) is 4.85. The second-order valence-corrected chi connectivity index (χ2v) is 7.00. The Bertz CT molecular complexity index is 909. The average Bonchev–Trinajstić information content (AvgIpc) is 2.75. The van der Waals surface area contributed by atoms with E-state index in [1.807, 2.05) is 60.8 Å². The summed E-state index contributed by atoms with van der Waals surface area (Å²) in [5.74, 6) is 1.86. The fourth-order valence-electron chi connectivity index (χ4n) is 3.24. The monoisotopic (exact) mass is 412 g/mol. The zero-order valence-corrected chi connectivity index (χ0v) is 17.6. The molecule has 152 valence electrons. The highest BCUT2D eigenvalue weighted by atomic mass is 35.5. The zero-order chi connectivity index (χ0) is 20.6. The van der Waals surface area contributed by atoms with Gasteiger partial charge in [-0.2, -0.15) is 0 Å². The quantitative estimate of drug-likeness (QED) is 0.496. The van der Waals surface area contributed by atoms with Gasteiger partial charge in [-0.15, -0.1) is 0 Å². The Morgan fingerprint density at radius 3 is 2.10 bits per heavy atom. The molecule has 0 saturated heterocycles. The van der Waals surface area contributed by atoms with E-state index < -0.39 is 0 Å². The van der Waals surface area contributed by atoms with Crippen molar-refractivity contribution in [1.82, 2.24) is 9.88 Å². The van der Waals surface area contributed by atoms with Crippen molar-refractivity contribution in [2.24, 2.45) is 0 Å². The molecule has 0 amide bonds. The minimum absolute atomic E-state index is 0.584. The molecule has 0 N–H and O–H groups in total. The fraction of sp³-hybridized carbons (Fsp3) is 0.261. The number of benzene rings is 2. The van der Waals surface area contributed by atoms with Crippen molar-refractivity contribution in [3.05, 3.63) is 82.6 Å². The van der Waals surface area contributed by atoms with Crippen molar-refractivity contribution in [2.75, 3.05) is 21.3 Å². The smallest absolute Gasteiger partial charge is 0.203 e. The van der Waals surface area contributed by atoms with Crippen molar-refractivity contribution in [3.8, 4) is 17.2 Å². The lowest BCUT2D eigenvalue weighted by Crippen LogP contribution is -2.23. The van der Waals surface area contributed by atoms with E-state index in [0.717, 1.165) is 21.8 Å². The first kappa shape index (κ1) is 21.0. The minimum Gasteiger partial charge on any atom is -0.493 e. The summed E-state index contributed by atoms with van der Waals surface area (Å²) < 4.78 is 16.4. The predicted molar refractivity (Wildman–Crippen MR) is 115 cm³/mol. The summed E-state index contributed by atoms with van der Waals surface area (Å²) in [6.07, 6.45) is 1.81. The number of ether oxygens (including phenoxy) is 3. The summed E-state index contributed by atoms with van der Waals surface area (Å²) in [4.78, 5) is 6.76. The van der Waals surface area contributed by atoms with Gasteiger partial charge < -0.3 is 14.2 Å². The number of pyridine rings is 1. The molecule has 3 aromatic rings. The normalized spacial score (nSPS) is 10.8. The number of nitrogens with zero attached hydrogens (tertiary/aromatic N) is 2. The summed E-state index contributed by atoms with van der Waals surface area (Å²) in [6.45, 7) is 2.04. The molecule has 0 radical (unpaired) electrons. The van der Waals surface area contributed by atoms with E-state index in [4.69, 9.17) is 25.8 Å². The van der Waals surface area contributed by atoms with Gasteiger partial charge in [0.25, 0.3) is 0 Å². The first-order valence-corrected chi connectivity index (χ1v) is 9.67. The van der Waals surface area contributed by atoms with E-state index in [1.165, 1.54) is 0 Å². The van der Waals surface area contributed by atoms with Crippen LogP contribution in [-0.4, -0.2) is 31.2 Å². The Morgan fingerprint density at radius 1 is 0.828 bits per heavy atom. The highest BCUT2D eigenvalue weighted by Gasteiger charge is 2.16. The van der Waals surface area contributed by atoms with E-state index in [0.29, 0.717) is 36.9 Å². The van der Waals surface area contributed by atoms with Gasteiger partial charge in [-0.05, 0) is 41.5 Å². The Labute approximate surface area is 176 Å². The first-order chi connectivity index (χ1) is 14.1. The molecule has 0 aliphatic carbocycles. The van der Waals surface area contributed by atoms with E-state index in [9.17, 15) is 0 Å². The molecule has 0 aliphatic heterocycles. The third-order valence-corrected chi connectivity index (χ3v) is 4.96. The van der Waals surface area contributed by atoms with Crippen LogP contribution in [0, 0.1) is 0 Å². The van der Waals surface area contributed by atoms with Crippen LogP contribution in [0.5, 0.6) is 17.2 Å². The number of halogens is 1. The minimum atomic E-state index is 0.584. The van der Waals surface area contributed by atoms with Crippen LogP contribution < -0.4 is 14.2 Å². The standard InChI is InChI=1S/C23H25ClN2O3/c1-27-21-12-17(13-22(28-2)23(21)29-3)14-26(16-19-9-6-7-11-25-19)15-18-8-4-5-10-20(18)24/h4-13H,14-16H2,1-3H3. The van der Waals surface area contributed by atoms with Crippen molar-refractivity contribution < 1.29 is 14.2 Å². The van der Waals surface area contributed by atoms with E-state index in [1.54, 1.807) is 21.3 Å². The number of hydrogen-bond donors (Lipinski definition) is 0. The maximum atomic E-state index is 6.41. The third-order valence-electron chi connectivity index (χ3n) is 4.59. The van der Waals surface area contributed by atoms with Gasteiger partial charge >= 0.3 is 0 Å². The predicted octanol–water partition coefficient (Wildman–Crippen LogP) is 4.96. The molecule has 6 heteroatoms. The van der Waals surface area contributed by atoms with Crippen LogP contribution in [0.3, 0.4) is 0 Å². The molecule has 0 fully saturated rings. The Morgan fingerprint density at radius 2 is 1.52 bits per heavy atom. The van der Waals surface area contributed by atoms with Crippen molar-refractivity contribution in [3.63, 3.8) is 0 Å². The van der Waals surface area contributed by atoms with Crippen molar-refractivity contribution in [1.29, 1.82) is 0 Å². The maximum Gasteiger partial charge on any atom is 0.203 e. The van der Waals surface area contributed by atoms with Crippen LogP contribution in [0.1, 0.15) is 16.8 Å². The van der Waals surface area contributed by atoms with Crippen molar-refractivity contribution in [2.45, 2.75) is 19.6 Å². The molecule has 0 aliphatic rings. The zero-order valence-electron chi connectivity index (χ0n) is 16.9. The summed E-state index contributed by atoms with van der Waals surface area (Å²) in [6, 6.07) is 17.8. The molecule has 5 nitrogen and oxygen atoms in total. The molecular weight excluding hydrogens is 388 g/mol. The number of aromatic nitrogens is 1. The fourth-order valence-corrected chi connectivity index (χ4v) is 3.44. The Kier molecular flexibility index (Phi) is 7.33. The van der Waals surface area contributed by atoms with Crippen molar-refractivity contribution >= 4 is 11.6 Å². The van der Waals surface area contributed by atoms with Crippen LogP contribution in [0.2, 0.25) is 5.02 Å². The summed E-state index contributed by atoms with van der Waals surface area (Å²) in [5.41, 5.74) is 3.10. The largest absolute Gasteiger partial charge is 0.493 e. The molecule has 0 unspecified atom stereocenters. The number of rotatable bonds is 9. The lowest BCUT2D eigenvalue weighted by atomic mass is 10.1. The molecule has 1 aromatic heterocycles. The summed E-state index contributed by atoms with van der Waals surface area (Å²) in [5, 5.41) is 0.753. The first-order valence-electron chi connectivity index (χ1n) is 9.29. The Balaban J connectivity index is 1.91. The molecular formula is C23H25ClN2O3. The van der Waals surface area contributed by atoms with Gasteiger partial charge in [0.1, 0.15) is 0 Å². The van der Waals surface area contributed by atoms with E-state index in [2.05, 4.69) is 9.88 Å². The third kappa shape index (κ3) is 5.40. The van der Waals surface area contributed by atoms with Crippen LogP contribution >= 0.6 is 11.6 Å². The molecule has 1 heterocycles. The van der Waals surface area contributed by atoms with Gasteiger partial charge in [0.05, 0.1) is 27.0 Å². The number of methoxy groups -OCH3 is 3. The average molecular weight is 413 g/mol. The maximum absolute atomic E-state index is 6.41. The molecule has 0 saturated carbocycles. The lowest BCUT2D eigenvalue weighted by molar-refractivity contribution is 0.243. The summed E-state index contributed by atoms with van der Waals surface area (Å²) >= 11 is 6.41. The second kappa shape index (κ2) is 10.1. The second-order valence-electron chi connectivity index (χ2n) is 6.59. The van der Waals surface area contributed by atoms with E-state index in [-0.39, 0.29) is 0 Å². The van der Waals surface area contributed by atoms with Crippen LogP contribution in [-0.2, 0) is 19.6 Å². The molecule has 0 spiro atoms. The highest BCUT2D eigenvalue weighted by molar-refractivity contribution is 6.31. The van der Waals surface area contributed by atoms with Gasteiger partial charge in [-0.3, -0.25) is 9.88 Å². The topological polar surface area (TPSA) is 43.8 Å². The van der Waals surface area contributed by atoms with Gasteiger partial charge in [0.2, 0.25) is 5.75 Å². The lowest BCUT2D eigenvalue weighted by Gasteiger charge is -2.24. The van der Waals surface area contributed by atoms with Crippen LogP contribution in [0.25, 0.3) is 0 Å². The molecule has 0 atom stereocenters. The highest BCUT2D eigenvalue weighted by Crippen LogP contribution is 2.38. The molecule has 2 aromatic carbocycles. The SMILES string of the molecule is COc1cc(CN(Cc2ccccn2)Cc2ccccc2Cl)cc(OC)c1OC. The Hall–Kier alpha value is -2.76.